The van der Waals surface area contributed by atoms with E-state index in [4.69, 9.17) is 23.2 Å². The third-order valence-electron chi connectivity index (χ3n) is 2.53. The Hall–Kier alpha value is -1.86. The van der Waals surface area contributed by atoms with Crippen molar-refractivity contribution in [3.8, 4) is 5.82 Å². The van der Waals surface area contributed by atoms with Crippen LogP contribution < -0.4 is 5.32 Å². The Kier molecular flexibility index (Phi) is 4.98. The molecule has 7 nitrogen and oxygen atoms in total. The molecule has 0 radical (unpaired) electrons. The first-order valence-electron chi connectivity index (χ1n) is 6.17. The van der Waals surface area contributed by atoms with Crippen molar-refractivity contribution in [2.24, 2.45) is 0 Å². The molecule has 0 aromatic carbocycles. The van der Waals surface area contributed by atoms with Crippen molar-refractivity contribution >= 4 is 35.0 Å². The molecule has 0 spiro atoms. The van der Waals surface area contributed by atoms with Crippen molar-refractivity contribution < 1.29 is 9.53 Å². The van der Waals surface area contributed by atoms with Crippen molar-refractivity contribution in [1.29, 1.82) is 0 Å². The minimum atomic E-state index is -0.636. The average Bonchev–Trinajstić information content (AvgIpc) is 2.95. The van der Waals surface area contributed by atoms with Gasteiger partial charge in [-0.3, -0.25) is 0 Å². The number of nitrogens with one attached hydrogen (secondary N) is 1. The van der Waals surface area contributed by atoms with Crippen LogP contribution in [0.2, 0.25) is 10.0 Å². The van der Waals surface area contributed by atoms with Crippen LogP contribution in [0.4, 0.5) is 5.82 Å². The van der Waals surface area contributed by atoms with Gasteiger partial charge in [0.2, 0.25) is 0 Å². The van der Waals surface area contributed by atoms with Gasteiger partial charge in [-0.25, -0.2) is 19.4 Å². The predicted molar refractivity (Wildman–Crippen MR) is 79.3 cm³/mol. The van der Waals surface area contributed by atoms with Crippen LogP contribution in [0.1, 0.15) is 24.0 Å². The number of ether oxygens (including phenoxy) is 1. The molecule has 0 atom stereocenters. The molecule has 21 heavy (non-hydrogen) atoms. The molecule has 2 aromatic heterocycles. The maximum atomic E-state index is 11.4. The van der Waals surface area contributed by atoms with Gasteiger partial charge in [0.1, 0.15) is 12.1 Å². The number of pyridine rings is 1. The Bertz CT molecular complexity index is 659. The fourth-order valence-corrected chi connectivity index (χ4v) is 2.05. The smallest absolute Gasteiger partial charge is 0.377 e. The number of methoxy groups -OCH3 is 1. The van der Waals surface area contributed by atoms with Gasteiger partial charge in [0.05, 0.1) is 17.2 Å². The summed E-state index contributed by atoms with van der Waals surface area (Å²) in [5, 5.41) is 7.76. The number of rotatable bonds is 5. The van der Waals surface area contributed by atoms with E-state index in [1.165, 1.54) is 18.1 Å². The molecular formula is C12H13Cl2N5O2. The second-order valence-electron chi connectivity index (χ2n) is 4.06. The predicted octanol–water partition coefficient (Wildman–Crippen LogP) is 2.58. The van der Waals surface area contributed by atoms with Crippen molar-refractivity contribution in [2.45, 2.75) is 13.3 Å². The van der Waals surface area contributed by atoms with E-state index in [9.17, 15) is 4.79 Å². The van der Waals surface area contributed by atoms with Crippen molar-refractivity contribution in [3.63, 3.8) is 0 Å². The first kappa shape index (κ1) is 15.5. The maximum Gasteiger partial charge on any atom is 0.377 e. The van der Waals surface area contributed by atoms with Crippen LogP contribution >= 0.6 is 23.2 Å². The van der Waals surface area contributed by atoms with Crippen LogP contribution in [0.3, 0.4) is 0 Å². The normalized spacial score (nSPS) is 10.5. The molecule has 2 heterocycles. The van der Waals surface area contributed by atoms with Crippen molar-refractivity contribution in [3.05, 3.63) is 28.3 Å². The summed E-state index contributed by atoms with van der Waals surface area (Å²) < 4.78 is 5.84. The van der Waals surface area contributed by atoms with Crippen LogP contribution in [0, 0.1) is 0 Å². The Morgan fingerprint density at radius 2 is 2.19 bits per heavy atom. The SMILES string of the molecule is CCCNc1nc(-n2cnc(C(=O)OC)n2)c(Cl)cc1Cl. The minimum absolute atomic E-state index is 0.0756. The lowest BCUT2D eigenvalue weighted by Gasteiger charge is -2.09. The third kappa shape index (κ3) is 3.43. The Balaban J connectivity index is 2.38. The number of hydrogen-bond acceptors (Lipinski definition) is 6. The molecular weight excluding hydrogens is 317 g/mol. The lowest BCUT2D eigenvalue weighted by Crippen LogP contribution is -2.08. The van der Waals surface area contributed by atoms with Gasteiger partial charge in [-0.05, 0) is 12.5 Å². The molecule has 0 unspecified atom stereocenters. The zero-order valence-electron chi connectivity index (χ0n) is 11.4. The van der Waals surface area contributed by atoms with Crippen LogP contribution in [0.15, 0.2) is 12.4 Å². The van der Waals surface area contributed by atoms with E-state index in [2.05, 4.69) is 25.1 Å². The Morgan fingerprint density at radius 3 is 2.86 bits per heavy atom. The molecule has 0 aliphatic rings. The molecule has 1 N–H and O–H groups in total. The van der Waals surface area contributed by atoms with E-state index in [-0.39, 0.29) is 5.82 Å². The molecule has 0 saturated carbocycles. The number of aromatic nitrogens is 4. The van der Waals surface area contributed by atoms with Gasteiger partial charge < -0.3 is 10.1 Å². The second-order valence-corrected chi connectivity index (χ2v) is 4.87. The largest absolute Gasteiger partial charge is 0.463 e. The highest BCUT2D eigenvalue weighted by atomic mass is 35.5. The highest BCUT2D eigenvalue weighted by Crippen LogP contribution is 2.27. The molecule has 2 rings (SSSR count). The van der Waals surface area contributed by atoms with Crippen molar-refractivity contribution in [1.82, 2.24) is 19.7 Å². The van der Waals surface area contributed by atoms with E-state index >= 15 is 0 Å². The maximum absolute atomic E-state index is 11.4. The summed E-state index contributed by atoms with van der Waals surface area (Å²) in [4.78, 5) is 19.5. The topological polar surface area (TPSA) is 81.9 Å². The van der Waals surface area contributed by atoms with E-state index in [1.807, 2.05) is 6.92 Å². The molecule has 0 aliphatic carbocycles. The van der Waals surface area contributed by atoms with Crippen LogP contribution in [0.25, 0.3) is 5.82 Å². The fraction of sp³-hybridized carbons (Fsp3) is 0.333. The molecule has 0 aliphatic heterocycles. The lowest BCUT2D eigenvalue weighted by atomic mass is 10.4. The fourth-order valence-electron chi connectivity index (χ4n) is 1.53. The second kappa shape index (κ2) is 6.73. The van der Waals surface area contributed by atoms with E-state index in [1.54, 1.807) is 6.07 Å². The summed E-state index contributed by atoms with van der Waals surface area (Å²) in [6.45, 7) is 2.75. The summed E-state index contributed by atoms with van der Waals surface area (Å²) in [5.74, 6) is 0.104. The zero-order chi connectivity index (χ0) is 15.4. The van der Waals surface area contributed by atoms with Gasteiger partial charge in [0, 0.05) is 6.54 Å². The summed E-state index contributed by atoms with van der Waals surface area (Å²) in [6.07, 6.45) is 2.25. The van der Waals surface area contributed by atoms with Crippen LogP contribution in [-0.4, -0.2) is 39.4 Å². The lowest BCUT2D eigenvalue weighted by molar-refractivity contribution is 0.0587. The minimum Gasteiger partial charge on any atom is -0.463 e. The summed E-state index contributed by atoms with van der Waals surface area (Å²) in [5.41, 5.74) is 0. The zero-order valence-corrected chi connectivity index (χ0v) is 12.9. The van der Waals surface area contributed by atoms with E-state index in [0.717, 1.165) is 13.0 Å². The standard InChI is InChI=1S/C12H13Cl2N5O2/c1-3-4-15-9-7(13)5-8(14)11(17-9)19-6-16-10(18-19)12(20)21-2/h5-6H,3-4H2,1-2H3,(H,15,17). The number of anilines is 1. The van der Waals surface area contributed by atoms with Gasteiger partial charge in [0.15, 0.2) is 5.82 Å². The highest BCUT2D eigenvalue weighted by molar-refractivity contribution is 6.36. The van der Waals surface area contributed by atoms with E-state index < -0.39 is 5.97 Å². The number of nitrogens with zero attached hydrogens (tertiary/aromatic N) is 4. The number of carbonyl (C=O) groups excluding carboxylic acids is 1. The molecule has 2 aromatic rings. The van der Waals surface area contributed by atoms with E-state index in [0.29, 0.717) is 21.7 Å². The van der Waals surface area contributed by atoms with Gasteiger partial charge >= 0.3 is 5.97 Å². The molecule has 112 valence electrons. The first-order valence-corrected chi connectivity index (χ1v) is 6.92. The summed E-state index contributed by atoms with van der Waals surface area (Å²) in [6, 6.07) is 1.56. The number of esters is 1. The van der Waals surface area contributed by atoms with Gasteiger partial charge in [-0.1, -0.05) is 30.1 Å². The Morgan fingerprint density at radius 1 is 1.43 bits per heavy atom. The quantitative estimate of drug-likeness (QED) is 0.849. The first-order chi connectivity index (χ1) is 10.1. The number of hydrogen-bond donors (Lipinski definition) is 1. The van der Waals surface area contributed by atoms with Gasteiger partial charge in [-0.15, -0.1) is 5.10 Å². The summed E-state index contributed by atoms with van der Waals surface area (Å²) >= 11 is 12.2. The average molecular weight is 330 g/mol. The van der Waals surface area contributed by atoms with Crippen molar-refractivity contribution in [2.75, 3.05) is 19.0 Å². The molecule has 0 fully saturated rings. The molecule has 0 bridgehead atoms. The molecule has 9 heteroatoms. The van der Waals surface area contributed by atoms with Gasteiger partial charge in [0.25, 0.3) is 5.82 Å². The molecule has 0 saturated heterocycles. The van der Waals surface area contributed by atoms with Gasteiger partial charge in [-0.2, -0.15) is 0 Å². The monoisotopic (exact) mass is 329 g/mol. The summed E-state index contributed by atoms with van der Waals surface area (Å²) in [7, 11) is 1.25. The third-order valence-corrected chi connectivity index (χ3v) is 3.10. The number of carbonyl (C=O) groups is 1. The highest BCUT2D eigenvalue weighted by Gasteiger charge is 2.16. The Labute approximate surface area is 131 Å². The van der Waals surface area contributed by atoms with Crippen LogP contribution in [-0.2, 0) is 4.74 Å². The van der Waals surface area contributed by atoms with Crippen LogP contribution in [0.5, 0.6) is 0 Å². The molecule has 0 amide bonds. The number of halogens is 2.